The van der Waals surface area contributed by atoms with Crippen molar-refractivity contribution < 1.29 is 54.8 Å². The third-order valence-electron chi connectivity index (χ3n) is 6.49. The molecule has 0 aliphatic rings. The van der Waals surface area contributed by atoms with Crippen LogP contribution >= 0.6 is 30.5 Å². The fraction of sp³-hybridized carbons (Fsp3) is 0.0625. The van der Waals surface area contributed by atoms with Gasteiger partial charge >= 0.3 is 220 Å². The Labute approximate surface area is 269 Å². The second-order valence-corrected chi connectivity index (χ2v) is 19.0. The number of hydrogen-bond acceptors (Lipinski definition) is 8. The molecule has 0 spiro atoms. The van der Waals surface area contributed by atoms with Crippen LogP contribution in [0.25, 0.3) is 0 Å². The van der Waals surface area contributed by atoms with Crippen LogP contribution in [-0.2, 0) is 12.8 Å². The molecule has 0 N–H and O–H groups in total. The zero-order valence-electron chi connectivity index (χ0n) is 23.2. The zero-order chi connectivity index (χ0) is 31.4. The molecule has 0 aromatic heterocycles. The monoisotopic (exact) mass is 768 g/mol. The molecule has 5 rings (SSSR count). The summed E-state index contributed by atoms with van der Waals surface area (Å²) in [5, 5.41) is 0. The first-order chi connectivity index (χ1) is 20.9. The van der Waals surface area contributed by atoms with Crippen molar-refractivity contribution in [3.05, 3.63) is 157 Å². The van der Waals surface area contributed by atoms with Crippen molar-refractivity contribution in [3.63, 3.8) is 0 Å². The number of halogens is 3. The van der Waals surface area contributed by atoms with E-state index in [1.807, 2.05) is 43.3 Å². The van der Waals surface area contributed by atoms with Crippen molar-refractivity contribution in [2.75, 3.05) is 0 Å². The van der Waals surface area contributed by atoms with Gasteiger partial charge in [0.2, 0.25) is 0 Å². The Bertz CT molecular complexity index is 1620. The van der Waals surface area contributed by atoms with Crippen molar-refractivity contribution in [2.24, 2.45) is 0 Å². The Morgan fingerprint density at radius 2 is 1.00 bits per heavy atom. The SMILES string of the molecule is Cc1ccccc1I(O[Cl+3]([O-])([O-])[O-])c1ccc(Cc2ccc(S(O[Cl+3]([O-])([O-])[O-])(c3ccccc3)c3ccccc3)cc2)cc1. The average molecular weight is 769 g/mol. The summed E-state index contributed by atoms with van der Waals surface area (Å²) in [7, 11) is -12.3. The van der Waals surface area contributed by atoms with E-state index in [2.05, 4.69) is 0 Å². The van der Waals surface area contributed by atoms with Crippen LogP contribution in [0.5, 0.6) is 0 Å². The topological polar surface area (TPSA) is 157 Å². The van der Waals surface area contributed by atoms with Crippen LogP contribution in [0.4, 0.5) is 0 Å². The van der Waals surface area contributed by atoms with Crippen LogP contribution in [0.2, 0.25) is 0 Å². The first-order valence-corrected chi connectivity index (χ1v) is 20.1. The molecule has 44 heavy (non-hydrogen) atoms. The van der Waals surface area contributed by atoms with Crippen LogP contribution in [0, 0.1) is 34.6 Å². The Morgan fingerprint density at radius 1 is 0.545 bits per heavy atom. The zero-order valence-corrected chi connectivity index (χ0v) is 27.7. The van der Waals surface area contributed by atoms with E-state index < -0.39 is 51.0 Å². The van der Waals surface area contributed by atoms with E-state index in [4.69, 9.17) is 6.35 Å². The molecule has 0 fully saturated rings. The standard InChI is InChI=1S/C32H27Cl2IO8S/c1-25-10-8-9-15-32(25)35(42-33(36,37)38)28-20-16-26(17-21-28)24-27-18-22-31(23-19-27)44(43-34(39,40)41,29-11-4-2-5-12-29)30-13-6-3-7-14-30/h2-23H,24H2,1H3. The van der Waals surface area contributed by atoms with Crippen LogP contribution in [0.15, 0.2) is 148 Å². The normalized spacial score (nSPS) is 13.0. The maximum atomic E-state index is 12.1. The van der Waals surface area contributed by atoms with Crippen molar-refractivity contribution in [2.45, 2.75) is 28.0 Å². The van der Waals surface area contributed by atoms with E-state index in [0.717, 1.165) is 20.3 Å². The first-order valence-electron chi connectivity index (χ1n) is 13.0. The Hall–Kier alpha value is -2.56. The molecule has 12 heteroatoms. The summed E-state index contributed by atoms with van der Waals surface area (Å²) >= 11 is -3.04. The van der Waals surface area contributed by atoms with Crippen molar-refractivity contribution in [1.29, 1.82) is 0 Å². The molecule has 0 saturated carbocycles. The van der Waals surface area contributed by atoms with E-state index in [-0.39, 0.29) is 0 Å². The summed E-state index contributed by atoms with van der Waals surface area (Å²) in [4.78, 5) is 1.64. The molecule has 0 saturated heterocycles. The molecule has 0 atom stereocenters. The summed E-state index contributed by atoms with van der Waals surface area (Å²) < 4.78 is 82.8. The number of aryl methyl sites for hydroxylation is 1. The Kier molecular flexibility index (Phi) is 10.3. The van der Waals surface area contributed by atoms with Gasteiger partial charge in [0, 0.05) is 0 Å². The van der Waals surface area contributed by atoms with Gasteiger partial charge in [-0.1, -0.05) is 36.4 Å². The molecule has 230 valence electrons. The van der Waals surface area contributed by atoms with Gasteiger partial charge in [-0.05, 0) is 0 Å². The molecule has 5 aromatic rings. The Balaban J connectivity index is 1.45. The average Bonchev–Trinajstić information content (AvgIpc) is 3.00. The van der Waals surface area contributed by atoms with E-state index in [9.17, 15) is 28.0 Å². The van der Waals surface area contributed by atoms with Crippen LogP contribution in [0.1, 0.15) is 16.7 Å². The number of benzene rings is 5. The minimum atomic E-state index is -4.79. The first kappa shape index (κ1) is 32.8. The number of rotatable bonds is 11. The fourth-order valence-corrected chi connectivity index (χ4v) is 14.6. The molecular formula is C32H27Cl2IO8S. The van der Waals surface area contributed by atoms with Crippen LogP contribution in [0.3, 0.4) is 0 Å². The van der Waals surface area contributed by atoms with Gasteiger partial charge in [0.05, 0.1) is 0 Å². The van der Waals surface area contributed by atoms with Crippen molar-refractivity contribution >= 4 is 30.5 Å². The number of hydrogen-bond donors (Lipinski definition) is 0. The summed E-state index contributed by atoms with van der Waals surface area (Å²) in [6.07, 6.45) is 0.510. The summed E-state index contributed by atoms with van der Waals surface area (Å²) in [5.74, 6) is 0. The van der Waals surface area contributed by atoms with Crippen molar-refractivity contribution in [3.8, 4) is 0 Å². The molecule has 0 unspecified atom stereocenters. The molecule has 8 nitrogen and oxygen atoms in total. The van der Waals surface area contributed by atoms with Gasteiger partial charge in [-0.25, -0.2) is 0 Å². The quantitative estimate of drug-likeness (QED) is 0.185. The fourth-order valence-electron chi connectivity index (χ4n) is 4.61. The minimum absolute atomic E-state index is 0.510. The van der Waals surface area contributed by atoms with Crippen LogP contribution < -0.4 is 28.0 Å². The predicted octanol–water partition coefficient (Wildman–Crippen LogP) is 2.07. The van der Waals surface area contributed by atoms with Gasteiger partial charge in [0.15, 0.2) is 0 Å². The summed E-state index contributed by atoms with van der Waals surface area (Å²) in [5.41, 5.74) is 2.68. The van der Waals surface area contributed by atoms with Crippen molar-refractivity contribution in [1.82, 2.24) is 0 Å². The van der Waals surface area contributed by atoms with Gasteiger partial charge in [0.25, 0.3) is 0 Å². The van der Waals surface area contributed by atoms with Gasteiger partial charge in [-0.15, -0.1) is 0 Å². The van der Waals surface area contributed by atoms with E-state index in [1.54, 1.807) is 97.1 Å². The summed E-state index contributed by atoms with van der Waals surface area (Å²) in [6.45, 7) is 1.85. The molecule has 0 amide bonds. The van der Waals surface area contributed by atoms with Gasteiger partial charge < -0.3 is 0 Å². The molecule has 0 aliphatic heterocycles. The van der Waals surface area contributed by atoms with Gasteiger partial charge in [-0.3, -0.25) is 0 Å². The van der Waals surface area contributed by atoms with E-state index in [0.29, 0.717) is 24.7 Å². The molecule has 0 heterocycles. The second-order valence-electron chi connectivity index (χ2n) is 9.50. The molecule has 5 aromatic carbocycles. The van der Waals surface area contributed by atoms with E-state index in [1.165, 1.54) is 0 Å². The third-order valence-corrected chi connectivity index (χ3v) is 17.3. The molecule has 0 radical (unpaired) electrons. The van der Waals surface area contributed by atoms with Gasteiger partial charge in [0.1, 0.15) is 0 Å². The molecule has 0 aliphatic carbocycles. The van der Waals surface area contributed by atoms with Crippen LogP contribution in [-0.4, -0.2) is 0 Å². The third kappa shape index (κ3) is 7.98. The Morgan fingerprint density at radius 3 is 1.48 bits per heavy atom. The maximum absolute atomic E-state index is 12.1. The predicted molar refractivity (Wildman–Crippen MR) is 156 cm³/mol. The van der Waals surface area contributed by atoms with E-state index >= 15 is 0 Å². The molecular weight excluding hydrogens is 742 g/mol. The van der Waals surface area contributed by atoms with Gasteiger partial charge in [-0.2, -0.15) is 14.0 Å². The summed E-state index contributed by atoms with van der Waals surface area (Å²) in [6, 6.07) is 39.4. The second kappa shape index (κ2) is 13.8. The molecule has 0 bridgehead atoms.